The highest BCUT2D eigenvalue weighted by atomic mass is 14.9. The van der Waals surface area contributed by atoms with Gasteiger partial charge in [0.1, 0.15) is 0 Å². The molecular weight excluding hydrogens is 194 g/mol. The lowest BCUT2D eigenvalue weighted by atomic mass is 9.57. The van der Waals surface area contributed by atoms with Crippen LogP contribution >= 0.6 is 0 Å². The molecule has 1 N–H and O–H groups in total. The molecule has 2 fully saturated rings. The Hall–Kier alpha value is -0.820. The van der Waals surface area contributed by atoms with Crippen LogP contribution in [0.1, 0.15) is 31.2 Å². The predicted molar refractivity (Wildman–Crippen MR) is 67.4 cm³/mol. The lowest BCUT2D eigenvalue weighted by Gasteiger charge is -2.51. The zero-order valence-electron chi connectivity index (χ0n) is 9.91. The van der Waals surface area contributed by atoms with Crippen LogP contribution in [0.25, 0.3) is 0 Å². The summed E-state index contributed by atoms with van der Waals surface area (Å²) in [7, 11) is 0. The van der Waals surface area contributed by atoms with Gasteiger partial charge in [-0.15, -0.1) is 0 Å². The summed E-state index contributed by atoms with van der Waals surface area (Å²) in [4.78, 5) is 0. The minimum Gasteiger partial charge on any atom is -0.316 e. The van der Waals surface area contributed by atoms with E-state index < -0.39 is 0 Å². The first-order chi connectivity index (χ1) is 7.89. The number of hydrogen-bond acceptors (Lipinski definition) is 1. The molecule has 86 valence electrons. The molecule has 0 aromatic heterocycles. The van der Waals surface area contributed by atoms with Gasteiger partial charge in [0.25, 0.3) is 0 Å². The molecule has 1 aliphatic heterocycles. The highest BCUT2D eigenvalue weighted by Gasteiger charge is 2.44. The van der Waals surface area contributed by atoms with Crippen LogP contribution in [-0.4, -0.2) is 13.1 Å². The molecule has 1 heterocycles. The molecule has 16 heavy (non-hydrogen) atoms. The average molecular weight is 215 g/mol. The molecule has 0 amide bonds. The molecule has 1 unspecified atom stereocenters. The first kappa shape index (κ1) is 10.3. The molecule has 1 heteroatoms. The molecule has 2 aliphatic rings. The van der Waals surface area contributed by atoms with Crippen LogP contribution in [0.4, 0.5) is 0 Å². The van der Waals surface area contributed by atoms with Crippen LogP contribution in [0.5, 0.6) is 0 Å². The van der Waals surface area contributed by atoms with E-state index in [-0.39, 0.29) is 0 Å². The maximum absolute atomic E-state index is 3.58. The summed E-state index contributed by atoms with van der Waals surface area (Å²) in [6, 6.07) is 11.0. The molecule has 1 aliphatic carbocycles. The van der Waals surface area contributed by atoms with Gasteiger partial charge in [-0.1, -0.05) is 36.8 Å². The van der Waals surface area contributed by atoms with Gasteiger partial charge in [0.15, 0.2) is 0 Å². The van der Waals surface area contributed by atoms with E-state index in [9.17, 15) is 0 Å². The Kier molecular flexibility index (Phi) is 2.72. The fourth-order valence-corrected chi connectivity index (χ4v) is 3.51. The second-order valence-corrected chi connectivity index (χ2v) is 5.56. The smallest absolute Gasteiger partial charge is 0.00120 e. The van der Waals surface area contributed by atoms with Gasteiger partial charge in [0.05, 0.1) is 0 Å². The average Bonchev–Trinajstić information content (AvgIpc) is 2.29. The normalized spacial score (nSPS) is 27.6. The molecule has 1 atom stereocenters. The third kappa shape index (κ3) is 1.78. The topological polar surface area (TPSA) is 12.0 Å². The van der Waals surface area contributed by atoms with Gasteiger partial charge in [0.2, 0.25) is 0 Å². The summed E-state index contributed by atoms with van der Waals surface area (Å²) < 4.78 is 0. The van der Waals surface area contributed by atoms with Gasteiger partial charge in [-0.3, -0.25) is 0 Å². The first-order valence-corrected chi connectivity index (χ1v) is 6.64. The minimum absolute atomic E-state index is 0.709. The highest BCUT2D eigenvalue weighted by Crippen LogP contribution is 2.51. The summed E-state index contributed by atoms with van der Waals surface area (Å²) in [6.45, 7) is 2.47. The molecule has 1 spiro atoms. The van der Waals surface area contributed by atoms with Crippen molar-refractivity contribution in [3.8, 4) is 0 Å². The largest absolute Gasteiger partial charge is 0.316 e. The van der Waals surface area contributed by atoms with Crippen LogP contribution in [-0.2, 0) is 6.42 Å². The summed E-state index contributed by atoms with van der Waals surface area (Å²) >= 11 is 0. The van der Waals surface area contributed by atoms with Crippen LogP contribution < -0.4 is 5.32 Å². The SMILES string of the molecule is c1ccc(CC2CNCCC23CCC3)cc1. The van der Waals surface area contributed by atoms with Crippen molar-refractivity contribution in [2.24, 2.45) is 11.3 Å². The van der Waals surface area contributed by atoms with E-state index in [2.05, 4.69) is 35.6 Å². The quantitative estimate of drug-likeness (QED) is 0.799. The van der Waals surface area contributed by atoms with Crippen LogP contribution in [0.2, 0.25) is 0 Å². The maximum Gasteiger partial charge on any atom is -0.00120 e. The molecule has 1 aromatic rings. The van der Waals surface area contributed by atoms with E-state index in [0.717, 1.165) is 5.92 Å². The molecule has 0 radical (unpaired) electrons. The van der Waals surface area contributed by atoms with Crippen LogP contribution in [0.15, 0.2) is 30.3 Å². The number of rotatable bonds is 2. The van der Waals surface area contributed by atoms with E-state index in [1.165, 1.54) is 50.8 Å². The van der Waals surface area contributed by atoms with Crippen molar-refractivity contribution in [3.63, 3.8) is 0 Å². The Morgan fingerprint density at radius 1 is 1.12 bits per heavy atom. The van der Waals surface area contributed by atoms with Crippen molar-refractivity contribution in [1.82, 2.24) is 5.32 Å². The van der Waals surface area contributed by atoms with E-state index in [1.54, 1.807) is 0 Å². The molecule has 1 aromatic carbocycles. The third-order valence-corrected chi connectivity index (χ3v) is 4.73. The molecular formula is C15H21N. The molecule has 1 saturated heterocycles. The fourth-order valence-electron chi connectivity index (χ4n) is 3.51. The minimum atomic E-state index is 0.709. The first-order valence-electron chi connectivity index (χ1n) is 6.64. The van der Waals surface area contributed by atoms with Gasteiger partial charge in [-0.05, 0) is 55.7 Å². The monoisotopic (exact) mass is 215 g/mol. The van der Waals surface area contributed by atoms with Crippen molar-refractivity contribution in [1.29, 1.82) is 0 Å². The van der Waals surface area contributed by atoms with Gasteiger partial charge in [0, 0.05) is 0 Å². The summed E-state index contributed by atoms with van der Waals surface area (Å²) in [6.07, 6.45) is 7.10. The van der Waals surface area contributed by atoms with E-state index in [0.29, 0.717) is 5.41 Å². The standard InChI is InChI=1S/C15H21N/c1-2-5-13(6-3-1)11-14-12-16-10-9-15(14)7-4-8-15/h1-3,5-6,14,16H,4,7-12H2. The lowest BCUT2D eigenvalue weighted by Crippen LogP contribution is -2.49. The third-order valence-electron chi connectivity index (χ3n) is 4.73. The van der Waals surface area contributed by atoms with Crippen LogP contribution in [0.3, 0.4) is 0 Å². The summed E-state index contributed by atoms with van der Waals surface area (Å²) in [5.41, 5.74) is 2.23. The van der Waals surface area contributed by atoms with Crippen molar-refractivity contribution >= 4 is 0 Å². The molecule has 0 bridgehead atoms. The zero-order chi connectivity index (χ0) is 10.8. The van der Waals surface area contributed by atoms with E-state index in [1.807, 2.05) is 0 Å². The maximum atomic E-state index is 3.58. The Balaban J connectivity index is 1.73. The number of hydrogen-bond donors (Lipinski definition) is 1. The van der Waals surface area contributed by atoms with Gasteiger partial charge in [-0.25, -0.2) is 0 Å². The number of benzene rings is 1. The van der Waals surface area contributed by atoms with Crippen molar-refractivity contribution < 1.29 is 0 Å². The van der Waals surface area contributed by atoms with Gasteiger partial charge < -0.3 is 5.32 Å². The second-order valence-electron chi connectivity index (χ2n) is 5.56. The number of nitrogens with one attached hydrogen (secondary N) is 1. The van der Waals surface area contributed by atoms with Crippen molar-refractivity contribution in [3.05, 3.63) is 35.9 Å². The van der Waals surface area contributed by atoms with Crippen LogP contribution in [0, 0.1) is 11.3 Å². The van der Waals surface area contributed by atoms with Gasteiger partial charge >= 0.3 is 0 Å². The van der Waals surface area contributed by atoms with Gasteiger partial charge in [-0.2, -0.15) is 0 Å². The van der Waals surface area contributed by atoms with E-state index >= 15 is 0 Å². The number of piperidine rings is 1. The Morgan fingerprint density at radius 2 is 1.94 bits per heavy atom. The Labute approximate surface area is 98.3 Å². The van der Waals surface area contributed by atoms with Crippen molar-refractivity contribution in [2.75, 3.05) is 13.1 Å². The fraction of sp³-hybridized carbons (Fsp3) is 0.600. The molecule has 1 nitrogen and oxygen atoms in total. The Bertz CT molecular complexity index is 340. The Morgan fingerprint density at radius 3 is 2.62 bits per heavy atom. The second kappa shape index (κ2) is 4.21. The predicted octanol–water partition coefficient (Wildman–Crippen LogP) is 3.01. The van der Waals surface area contributed by atoms with E-state index in [4.69, 9.17) is 0 Å². The zero-order valence-corrected chi connectivity index (χ0v) is 9.91. The van der Waals surface area contributed by atoms with Crippen molar-refractivity contribution in [2.45, 2.75) is 32.1 Å². The highest BCUT2D eigenvalue weighted by molar-refractivity contribution is 5.17. The molecule has 1 saturated carbocycles. The summed E-state index contributed by atoms with van der Waals surface area (Å²) in [5, 5.41) is 3.58. The summed E-state index contributed by atoms with van der Waals surface area (Å²) in [5.74, 6) is 0.873. The molecule has 3 rings (SSSR count). The lowest BCUT2D eigenvalue weighted by molar-refractivity contribution is 0.0174.